The number of amides is 1. The first-order valence-electron chi connectivity index (χ1n) is 10.1. The van der Waals surface area contributed by atoms with Crippen molar-refractivity contribution in [1.29, 1.82) is 0 Å². The number of carbonyl (C=O) groups is 1. The molecule has 162 valence electrons. The van der Waals surface area contributed by atoms with Crippen LogP contribution in [0.4, 0.5) is 5.69 Å². The molecule has 2 aromatic carbocycles. The van der Waals surface area contributed by atoms with Gasteiger partial charge in [-0.05, 0) is 24.6 Å². The zero-order valence-electron chi connectivity index (χ0n) is 17.4. The summed E-state index contributed by atoms with van der Waals surface area (Å²) < 4.78 is 7.08. The van der Waals surface area contributed by atoms with E-state index >= 15 is 0 Å². The van der Waals surface area contributed by atoms with Crippen molar-refractivity contribution in [2.24, 2.45) is 0 Å². The van der Waals surface area contributed by atoms with E-state index in [1.165, 1.54) is 28.7 Å². The van der Waals surface area contributed by atoms with E-state index < -0.39 is 0 Å². The molecule has 9 heteroatoms. The fourth-order valence-electron chi connectivity index (χ4n) is 3.11. The molecule has 0 atom stereocenters. The average molecular weight is 448 g/mol. The van der Waals surface area contributed by atoms with E-state index in [1.54, 1.807) is 12.1 Å². The number of ether oxygens (including phenoxy) is 1. The number of hydrogen-bond acceptors (Lipinski definition) is 7. The van der Waals surface area contributed by atoms with Gasteiger partial charge < -0.3 is 10.1 Å². The number of rotatable bonds is 8. The number of aromatic nitrogens is 4. The monoisotopic (exact) mass is 447 g/mol. The highest BCUT2D eigenvalue weighted by Crippen LogP contribution is 2.24. The van der Waals surface area contributed by atoms with Crippen molar-refractivity contribution >= 4 is 34.5 Å². The van der Waals surface area contributed by atoms with Crippen LogP contribution in [-0.4, -0.2) is 37.8 Å². The molecule has 4 rings (SSSR count). The Balaban J connectivity index is 1.59. The van der Waals surface area contributed by atoms with Crippen LogP contribution >= 0.6 is 11.8 Å². The quantitative estimate of drug-likeness (QED) is 0.327. The molecule has 0 aliphatic heterocycles. The Morgan fingerprint density at radius 1 is 1.06 bits per heavy atom. The Morgan fingerprint density at radius 3 is 2.62 bits per heavy atom. The van der Waals surface area contributed by atoms with Crippen molar-refractivity contribution in [3.05, 3.63) is 82.9 Å². The molecule has 2 heterocycles. The third-order valence-corrected chi connectivity index (χ3v) is 5.51. The van der Waals surface area contributed by atoms with Gasteiger partial charge in [-0.2, -0.15) is 0 Å². The molecular formula is C23H21N5O3S. The van der Waals surface area contributed by atoms with Crippen LogP contribution in [0.15, 0.2) is 76.9 Å². The van der Waals surface area contributed by atoms with Crippen molar-refractivity contribution in [2.75, 3.05) is 17.7 Å². The summed E-state index contributed by atoms with van der Waals surface area (Å²) in [6.45, 7) is 2.69. The van der Waals surface area contributed by atoms with Crippen LogP contribution < -0.4 is 15.6 Å². The van der Waals surface area contributed by atoms with Gasteiger partial charge in [0.25, 0.3) is 5.56 Å². The van der Waals surface area contributed by atoms with Gasteiger partial charge in [0.05, 0.1) is 24.6 Å². The van der Waals surface area contributed by atoms with Crippen LogP contribution in [-0.2, 0) is 11.3 Å². The maximum absolute atomic E-state index is 13.1. The van der Waals surface area contributed by atoms with E-state index in [9.17, 15) is 9.59 Å². The predicted molar refractivity (Wildman–Crippen MR) is 124 cm³/mol. The molecule has 0 radical (unpaired) electrons. The fraction of sp³-hybridized carbons (Fsp3) is 0.174. The van der Waals surface area contributed by atoms with Gasteiger partial charge in [-0.3, -0.25) is 14.2 Å². The molecule has 2 aromatic heterocycles. The van der Waals surface area contributed by atoms with Crippen LogP contribution in [0.5, 0.6) is 5.75 Å². The lowest BCUT2D eigenvalue weighted by Crippen LogP contribution is -2.25. The molecule has 0 saturated carbocycles. The first kappa shape index (κ1) is 21.5. The largest absolute Gasteiger partial charge is 0.492 e. The van der Waals surface area contributed by atoms with Crippen molar-refractivity contribution in [2.45, 2.75) is 18.6 Å². The normalized spacial score (nSPS) is 10.8. The summed E-state index contributed by atoms with van der Waals surface area (Å²) in [7, 11) is 0. The Bertz CT molecular complexity index is 1290. The van der Waals surface area contributed by atoms with E-state index in [0.29, 0.717) is 29.7 Å². The number of benzene rings is 2. The minimum atomic E-state index is -0.295. The molecule has 0 fully saturated rings. The van der Waals surface area contributed by atoms with E-state index in [-0.39, 0.29) is 28.4 Å². The molecule has 0 aliphatic carbocycles. The Labute approximate surface area is 188 Å². The average Bonchev–Trinajstić information content (AvgIpc) is 2.82. The molecule has 1 N–H and O–H groups in total. The van der Waals surface area contributed by atoms with Crippen LogP contribution in [0.1, 0.15) is 12.5 Å². The molecule has 0 saturated heterocycles. The van der Waals surface area contributed by atoms with Gasteiger partial charge in [0.2, 0.25) is 5.91 Å². The zero-order chi connectivity index (χ0) is 22.3. The highest BCUT2D eigenvalue weighted by atomic mass is 32.2. The molecule has 32 heavy (non-hydrogen) atoms. The minimum Gasteiger partial charge on any atom is -0.492 e. The highest BCUT2D eigenvalue weighted by molar-refractivity contribution is 7.99. The van der Waals surface area contributed by atoms with Gasteiger partial charge in [-0.15, -0.1) is 0 Å². The van der Waals surface area contributed by atoms with Gasteiger partial charge in [-0.25, -0.2) is 15.0 Å². The second-order valence-electron chi connectivity index (χ2n) is 6.77. The molecule has 0 unspecified atom stereocenters. The maximum atomic E-state index is 13.1. The summed E-state index contributed by atoms with van der Waals surface area (Å²) in [5, 5.41) is 3.26. The molecule has 4 aromatic rings. The zero-order valence-corrected chi connectivity index (χ0v) is 18.2. The second kappa shape index (κ2) is 10.1. The number of hydrogen-bond donors (Lipinski definition) is 1. The second-order valence-corrected chi connectivity index (χ2v) is 7.71. The first-order valence-corrected chi connectivity index (χ1v) is 11.0. The first-order chi connectivity index (χ1) is 15.7. The standard InChI is InChI=1S/C23H21N5O3S/c1-2-31-18-11-7-6-10-17(18)26-19(29)15-32-23-27-21-20(24-12-13-25-21)22(30)28(23)14-16-8-4-3-5-9-16/h3-13H,2,14-15H2,1H3,(H,26,29). The maximum Gasteiger partial charge on any atom is 0.282 e. The van der Waals surface area contributed by atoms with E-state index in [4.69, 9.17) is 4.74 Å². The molecule has 0 spiro atoms. The SMILES string of the molecule is CCOc1ccccc1NC(=O)CSc1nc2nccnc2c(=O)n1Cc1ccccc1. The van der Waals surface area contributed by atoms with Gasteiger partial charge in [0.1, 0.15) is 5.75 Å². The summed E-state index contributed by atoms with van der Waals surface area (Å²) in [5.74, 6) is 0.434. The molecule has 1 amide bonds. The molecular weight excluding hydrogens is 426 g/mol. The summed E-state index contributed by atoms with van der Waals surface area (Å²) in [6, 6.07) is 16.8. The molecule has 0 bridgehead atoms. The van der Waals surface area contributed by atoms with Crippen molar-refractivity contribution < 1.29 is 9.53 Å². The van der Waals surface area contributed by atoms with Gasteiger partial charge in [-0.1, -0.05) is 54.2 Å². The van der Waals surface area contributed by atoms with Crippen molar-refractivity contribution in [3.8, 4) is 5.75 Å². The van der Waals surface area contributed by atoms with Crippen molar-refractivity contribution in [3.63, 3.8) is 0 Å². The summed E-state index contributed by atoms with van der Waals surface area (Å²) in [6.07, 6.45) is 2.95. The van der Waals surface area contributed by atoms with Gasteiger partial charge >= 0.3 is 0 Å². The molecule has 8 nitrogen and oxygen atoms in total. The smallest absolute Gasteiger partial charge is 0.282 e. The Kier molecular flexibility index (Phi) is 6.76. The van der Waals surface area contributed by atoms with E-state index in [1.807, 2.05) is 49.4 Å². The number of carbonyl (C=O) groups excluding carboxylic acids is 1. The number of para-hydroxylation sites is 2. The lowest BCUT2D eigenvalue weighted by Gasteiger charge is -2.13. The third-order valence-electron chi connectivity index (χ3n) is 4.54. The number of thioether (sulfide) groups is 1. The van der Waals surface area contributed by atoms with Gasteiger partial charge in [0.15, 0.2) is 16.3 Å². The van der Waals surface area contributed by atoms with Crippen LogP contribution in [0.25, 0.3) is 11.2 Å². The topological polar surface area (TPSA) is 99.0 Å². The number of nitrogens with one attached hydrogen (secondary N) is 1. The minimum absolute atomic E-state index is 0.0630. The number of anilines is 1. The number of nitrogens with zero attached hydrogens (tertiary/aromatic N) is 4. The Hall–Kier alpha value is -3.72. The lowest BCUT2D eigenvalue weighted by atomic mass is 10.2. The van der Waals surface area contributed by atoms with Crippen LogP contribution in [0.3, 0.4) is 0 Å². The van der Waals surface area contributed by atoms with Crippen molar-refractivity contribution in [1.82, 2.24) is 19.5 Å². The van der Waals surface area contributed by atoms with Gasteiger partial charge in [0, 0.05) is 12.4 Å². The summed E-state index contributed by atoms with van der Waals surface area (Å²) >= 11 is 1.17. The van der Waals surface area contributed by atoms with Crippen LogP contribution in [0, 0.1) is 0 Å². The number of fused-ring (bicyclic) bond motifs is 1. The Morgan fingerprint density at radius 2 is 1.81 bits per heavy atom. The summed E-state index contributed by atoms with van der Waals surface area (Å²) in [4.78, 5) is 38.5. The van der Waals surface area contributed by atoms with E-state index in [2.05, 4.69) is 20.3 Å². The third kappa shape index (κ3) is 4.94. The fourth-order valence-corrected chi connectivity index (χ4v) is 3.90. The van der Waals surface area contributed by atoms with Crippen LogP contribution in [0.2, 0.25) is 0 Å². The predicted octanol–water partition coefficient (Wildman–Crippen LogP) is 3.36. The summed E-state index contributed by atoms with van der Waals surface area (Å²) in [5.41, 5.74) is 1.70. The molecule has 0 aliphatic rings. The highest BCUT2D eigenvalue weighted by Gasteiger charge is 2.16. The van der Waals surface area contributed by atoms with E-state index in [0.717, 1.165) is 5.56 Å². The lowest BCUT2D eigenvalue weighted by molar-refractivity contribution is -0.113.